The highest BCUT2D eigenvalue weighted by molar-refractivity contribution is 5.95. The van der Waals surface area contributed by atoms with E-state index in [4.69, 9.17) is 33.2 Å². The molecule has 39 heavy (non-hydrogen) atoms. The number of aromatic nitrogens is 1. The van der Waals surface area contributed by atoms with Crippen LogP contribution < -0.4 is 50.1 Å². The maximum Gasteiger partial charge on any atom is 0.231 e. The maximum atomic E-state index is 5.85. The minimum Gasteiger partial charge on any atom is -1.00 e. The Hall–Kier alpha value is -4.04. The van der Waals surface area contributed by atoms with E-state index in [2.05, 4.69) is 29.0 Å². The van der Waals surface area contributed by atoms with Crippen LogP contribution in [0.2, 0.25) is 0 Å². The van der Waals surface area contributed by atoms with Crippen molar-refractivity contribution in [2.45, 2.75) is 19.4 Å². The number of nitrogens with zero attached hydrogens (tertiary/aromatic N) is 1. The van der Waals surface area contributed by atoms with Crippen molar-refractivity contribution < 1.29 is 50.1 Å². The molecule has 2 aliphatic rings. The zero-order valence-electron chi connectivity index (χ0n) is 22.6. The van der Waals surface area contributed by atoms with E-state index in [9.17, 15) is 0 Å². The summed E-state index contributed by atoms with van der Waals surface area (Å²) in [5, 5.41) is 2.07. The van der Waals surface area contributed by atoms with Gasteiger partial charge in [0.1, 0.15) is 0 Å². The van der Waals surface area contributed by atoms with Crippen LogP contribution in [0.15, 0.2) is 42.6 Å². The Morgan fingerprint density at radius 3 is 2.05 bits per heavy atom. The third-order valence-corrected chi connectivity index (χ3v) is 7.35. The lowest BCUT2D eigenvalue weighted by Crippen LogP contribution is -3.00. The number of methoxy groups -OCH3 is 5. The standard InChI is InChI=1S/C30H30NO7.ClH/c1-32-23-7-6-19-21(10-17-11-26(33-2)30(36-5)27(12-17)34-3)28-20-14-25-24(37-16-38-25)13-18(20)8-9-31(28)15-22(19)29(23)35-4;/h6-7,11-15H,8-10,16H2,1-5H3;1H/q+1;/p-1. The summed E-state index contributed by atoms with van der Waals surface area (Å²) < 4.78 is 42.1. The summed E-state index contributed by atoms with van der Waals surface area (Å²) in [6.07, 6.45) is 3.66. The van der Waals surface area contributed by atoms with Gasteiger partial charge in [0, 0.05) is 23.8 Å². The lowest BCUT2D eigenvalue weighted by molar-refractivity contribution is -0.686. The Balaban J connectivity index is 0.00000308. The number of hydrogen-bond acceptors (Lipinski definition) is 7. The van der Waals surface area contributed by atoms with Crippen molar-refractivity contribution in [1.29, 1.82) is 0 Å². The Kier molecular flexibility index (Phi) is 7.23. The molecule has 0 unspecified atom stereocenters. The van der Waals surface area contributed by atoms with Crippen LogP contribution in [-0.4, -0.2) is 42.3 Å². The monoisotopic (exact) mass is 551 g/mol. The first-order valence-corrected chi connectivity index (χ1v) is 12.4. The Labute approximate surface area is 233 Å². The average Bonchev–Trinajstić information content (AvgIpc) is 3.41. The van der Waals surface area contributed by atoms with Gasteiger partial charge in [0.05, 0.1) is 46.5 Å². The van der Waals surface area contributed by atoms with E-state index in [1.165, 1.54) is 5.56 Å². The fourth-order valence-electron chi connectivity index (χ4n) is 5.63. The van der Waals surface area contributed by atoms with Crippen molar-refractivity contribution >= 4 is 10.8 Å². The van der Waals surface area contributed by atoms with Gasteiger partial charge < -0.3 is 45.6 Å². The topological polar surface area (TPSA) is 68.5 Å². The Morgan fingerprint density at radius 1 is 0.744 bits per heavy atom. The number of rotatable bonds is 7. The number of pyridine rings is 1. The first-order chi connectivity index (χ1) is 18.6. The molecule has 0 atom stereocenters. The molecule has 9 heteroatoms. The van der Waals surface area contributed by atoms with Crippen molar-refractivity contribution in [2.75, 3.05) is 42.3 Å². The van der Waals surface area contributed by atoms with Gasteiger partial charge in [-0.2, -0.15) is 4.57 Å². The molecule has 2 aliphatic heterocycles. The lowest BCUT2D eigenvalue weighted by Gasteiger charge is -2.21. The number of ether oxygens (including phenoxy) is 7. The fraction of sp³-hybridized carbons (Fsp3) is 0.300. The average molecular weight is 552 g/mol. The third kappa shape index (κ3) is 4.29. The molecule has 0 N–H and O–H groups in total. The number of halogens is 1. The summed E-state index contributed by atoms with van der Waals surface area (Å²) in [4.78, 5) is 0. The van der Waals surface area contributed by atoms with Crippen molar-refractivity contribution in [2.24, 2.45) is 0 Å². The second kappa shape index (κ2) is 10.6. The van der Waals surface area contributed by atoms with Crippen molar-refractivity contribution in [3.05, 3.63) is 59.3 Å². The fourth-order valence-corrected chi connectivity index (χ4v) is 5.63. The predicted molar refractivity (Wildman–Crippen MR) is 141 cm³/mol. The summed E-state index contributed by atoms with van der Waals surface area (Å²) in [5.41, 5.74) is 5.69. The van der Waals surface area contributed by atoms with E-state index in [0.29, 0.717) is 35.2 Å². The second-order valence-corrected chi connectivity index (χ2v) is 9.23. The molecule has 0 saturated carbocycles. The van der Waals surface area contributed by atoms with Crippen LogP contribution in [0.1, 0.15) is 16.7 Å². The van der Waals surface area contributed by atoms with Crippen LogP contribution in [0.5, 0.6) is 40.2 Å². The van der Waals surface area contributed by atoms with Crippen LogP contribution in [0.3, 0.4) is 0 Å². The molecule has 4 aromatic rings. The quantitative estimate of drug-likeness (QED) is 0.324. The number of aryl methyl sites for hydroxylation is 2. The molecule has 8 nitrogen and oxygen atoms in total. The van der Waals surface area contributed by atoms with Crippen LogP contribution in [0.25, 0.3) is 22.0 Å². The SMILES string of the molecule is COc1cc(Cc2c3[n+](cc4c(OC)c(OC)ccc24)CCc2cc4c(cc2-3)OCO4)cc(OC)c1OC.[Cl-]. The van der Waals surface area contributed by atoms with E-state index in [-0.39, 0.29) is 19.2 Å². The van der Waals surface area contributed by atoms with Crippen LogP contribution >= 0.6 is 0 Å². The molecule has 0 fully saturated rings. The molecular formula is C30H30ClNO7. The molecule has 0 aliphatic carbocycles. The normalized spacial score (nSPS) is 12.7. The van der Waals surface area contributed by atoms with Gasteiger partial charge in [-0.3, -0.25) is 0 Å². The van der Waals surface area contributed by atoms with Crippen LogP contribution in [-0.2, 0) is 19.4 Å². The van der Waals surface area contributed by atoms with Crippen LogP contribution in [0, 0.1) is 0 Å². The highest BCUT2D eigenvalue weighted by atomic mass is 35.5. The molecule has 0 spiro atoms. The highest BCUT2D eigenvalue weighted by Crippen LogP contribution is 2.45. The van der Waals surface area contributed by atoms with Crippen molar-refractivity contribution in [3.63, 3.8) is 0 Å². The Bertz CT molecular complexity index is 1540. The van der Waals surface area contributed by atoms with E-state index in [0.717, 1.165) is 57.6 Å². The second-order valence-electron chi connectivity index (χ2n) is 9.23. The van der Waals surface area contributed by atoms with Crippen LogP contribution in [0.4, 0.5) is 0 Å². The van der Waals surface area contributed by atoms with Crippen molar-refractivity contribution in [1.82, 2.24) is 0 Å². The minimum atomic E-state index is 0. The summed E-state index contributed by atoms with van der Waals surface area (Å²) in [5.74, 6) is 4.77. The van der Waals surface area contributed by atoms with Gasteiger partial charge in [-0.15, -0.1) is 0 Å². The first kappa shape index (κ1) is 26.6. The predicted octanol–water partition coefficient (Wildman–Crippen LogP) is 1.72. The molecule has 0 saturated heterocycles. The summed E-state index contributed by atoms with van der Waals surface area (Å²) in [6, 6.07) is 12.3. The van der Waals surface area contributed by atoms with Gasteiger partial charge in [-0.05, 0) is 47.5 Å². The molecule has 0 bridgehead atoms. The van der Waals surface area contributed by atoms with Gasteiger partial charge in [-0.25, -0.2) is 0 Å². The minimum absolute atomic E-state index is 0. The highest BCUT2D eigenvalue weighted by Gasteiger charge is 2.32. The molecule has 1 aromatic heterocycles. The van der Waals surface area contributed by atoms with Gasteiger partial charge in [0.2, 0.25) is 18.2 Å². The molecule has 0 radical (unpaired) electrons. The summed E-state index contributed by atoms with van der Waals surface area (Å²) in [6.45, 7) is 1.06. The van der Waals surface area contributed by atoms with E-state index < -0.39 is 0 Å². The molecule has 3 heterocycles. The molecule has 3 aromatic carbocycles. The number of benzene rings is 3. The van der Waals surface area contributed by atoms with Gasteiger partial charge in [-0.1, -0.05) is 0 Å². The number of hydrogen-bond donors (Lipinski definition) is 0. The lowest BCUT2D eigenvalue weighted by atomic mass is 9.88. The van der Waals surface area contributed by atoms with E-state index in [1.807, 2.05) is 18.2 Å². The third-order valence-electron chi connectivity index (χ3n) is 7.35. The first-order valence-electron chi connectivity index (χ1n) is 12.4. The van der Waals surface area contributed by atoms with Gasteiger partial charge in [0.15, 0.2) is 47.2 Å². The summed E-state index contributed by atoms with van der Waals surface area (Å²) >= 11 is 0. The van der Waals surface area contributed by atoms with Gasteiger partial charge >= 0.3 is 0 Å². The molecule has 204 valence electrons. The summed E-state index contributed by atoms with van der Waals surface area (Å²) in [7, 11) is 8.21. The zero-order valence-corrected chi connectivity index (χ0v) is 23.3. The Morgan fingerprint density at radius 2 is 1.41 bits per heavy atom. The van der Waals surface area contributed by atoms with E-state index >= 15 is 0 Å². The molecule has 0 amide bonds. The maximum absolute atomic E-state index is 5.85. The van der Waals surface area contributed by atoms with Gasteiger partial charge in [0.25, 0.3) is 0 Å². The molecule has 6 rings (SSSR count). The van der Waals surface area contributed by atoms with Crippen molar-refractivity contribution in [3.8, 4) is 51.5 Å². The van der Waals surface area contributed by atoms with E-state index in [1.54, 1.807) is 35.5 Å². The largest absolute Gasteiger partial charge is 1.00 e. The smallest absolute Gasteiger partial charge is 0.231 e. The number of fused-ring (bicyclic) bond motifs is 5. The molecular weight excluding hydrogens is 522 g/mol. The zero-order chi connectivity index (χ0) is 26.4.